The van der Waals surface area contributed by atoms with E-state index in [1.54, 1.807) is 0 Å². The van der Waals surface area contributed by atoms with Crippen LogP contribution >= 0.6 is 0 Å². The Morgan fingerprint density at radius 3 is 2.47 bits per heavy atom. The van der Waals surface area contributed by atoms with Crippen LogP contribution in [0.15, 0.2) is 23.1 Å². The molecule has 17 heavy (non-hydrogen) atoms. The minimum absolute atomic E-state index is 0. The topological polar surface area (TPSA) is 43.4 Å². The molecule has 0 bridgehead atoms. The second kappa shape index (κ2) is 5.22. The second-order valence-corrected chi connectivity index (χ2v) is 5.53. The quantitative estimate of drug-likeness (QED) is 0.557. The Hall–Kier alpha value is 0.461. The first-order valence-electron chi connectivity index (χ1n) is 4.50. The zero-order valence-electron chi connectivity index (χ0n) is 8.99. The fourth-order valence-corrected chi connectivity index (χ4v) is 2.73. The number of rotatable bonds is 1. The molecule has 0 aromatic heterocycles. The third-order valence-electron chi connectivity index (χ3n) is 2.29. The van der Waals surface area contributed by atoms with Gasteiger partial charge in [-0.3, -0.25) is 0 Å². The molecule has 0 spiro atoms. The van der Waals surface area contributed by atoms with Crippen LogP contribution in [0.1, 0.15) is 0 Å². The molecule has 1 aromatic carbocycles. The molecule has 9 heteroatoms. The van der Waals surface area contributed by atoms with Crippen LogP contribution in [-0.2, 0) is 9.84 Å². The van der Waals surface area contributed by atoms with E-state index in [1.807, 2.05) is 0 Å². The van der Waals surface area contributed by atoms with Crippen molar-refractivity contribution in [2.45, 2.75) is 4.90 Å². The molecule has 1 heterocycles. The van der Waals surface area contributed by atoms with Crippen LogP contribution in [0.3, 0.4) is 0 Å². The van der Waals surface area contributed by atoms with Crippen LogP contribution in [0, 0.1) is 0 Å². The van der Waals surface area contributed by atoms with Crippen molar-refractivity contribution < 1.29 is 77.5 Å². The molecule has 3 nitrogen and oxygen atoms in total. The zero-order valence-corrected chi connectivity index (χ0v) is 12.9. The van der Waals surface area contributed by atoms with Crippen molar-refractivity contribution in [3.05, 3.63) is 18.2 Å². The van der Waals surface area contributed by atoms with Gasteiger partial charge in [-0.15, -0.1) is 5.46 Å². The van der Waals surface area contributed by atoms with Crippen LogP contribution in [0.4, 0.5) is 12.9 Å². The Kier molecular flexibility index (Phi) is 4.76. The number of ether oxygens (including phenoxy) is 1. The standard InChI is InChI=1S/C8H7BF3O3S.K/c10-9(11,12)6-1-2-7-8(5-6)16(13,14)4-3-15-7;/h1-2,5H,3-4H2;/q-1;+1. The Labute approximate surface area is 139 Å². The van der Waals surface area contributed by atoms with Crippen molar-refractivity contribution in [1.82, 2.24) is 0 Å². The van der Waals surface area contributed by atoms with Gasteiger partial charge in [0.05, 0.1) is 5.75 Å². The molecule has 0 saturated heterocycles. The van der Waals surface area contributed by atoms with Crippen LogP contribution < -0.4 is 61.6 Å². The molecule has 0 amide bonds. The first-order chi connectivity index (χ1) is 7.31. The summed E-state index contributed by atoms with van der Waals surface area (Å²) in [6, 6.07) is 2.53. The summed E-state index contributed by atoms with van der Waals surface area (Å²) in [5.74, 6) is -0.288. The van der Waals surface area contributed by atoms with Crippen molar-refractivity contribution in [3.8, 4) is 5.75 Å². The monoisotopic (exact) mass is 290 g/mol. The van der Waals surface area contributed by atoms with Gasteiger partial charge in [-0.25, -0.2) is 8.42 Å². The number of halogens is 3. The average molecular weight is 290 g/mol. The largest absolute Gasteiger partial charge is 1.00 e. The van der Waals surface area contributed by atoms with Crippen molar-refractivity contribution in [1.29, 1.82) is 0 Å². The van der Waals surface area contributed by atoms with Gasteiger partial charge in [0, 0.05) is 0 Å². The molecule has 1 aliphatic heterocycles. The molecule has 0 fully saturated rings. The van der Waals surface area contributed by atoms with Gasteiger partial charge in [0.15, 0.2) is 9.84 Å². The molecule has 0 unspecified atom stereocenters. The van der Waals surface area contributed by atoms with E-state index in [0.717, 1.165) is 12.1 Å². The summed E-state index contributed by atoms with van der Waals surface area (Å²) in [7, 11) is -3.64. The van der Waals surface area contributed by atoms with E-state index in [-0.39, 0.29) is 74.4 Å². The van der Waals surface area contributed by atoms with Gasteiger partial charge >= 0.3 is 58.4 Å². The summed E-state index contributed by atoms with van der Waals surface area (Å²) in [4.78, 5) is -0.365. The summed E-state index contributed by atoms with van der Waals surface area (Å²) in [6.45, 7) is -5.22. The first kappa shape index (κ1) is 15.5. The van der Waals surface area contributed by atoms with Gasteiger partial charge < -0.3 is 17.7 Å². The molecule has 88 valence electrons. The molecular formula is C8H7BF3KO3S. The van der Waals surface area contributed by atoms with Gasteiger partial charge in [-0.2, -0.15) is 0 Å². The Morgan fingerprint density at radius 2 is 1.88 bits per heavy atom. The molecule has 0 N–H and O–H groups in total. The molecule has 1 aliphatic rings. The third-order valence-corrected chi connectivity index (χ3v) is 3.98. The summed E-state index contributed by atoms with van der Waals surface area (Å²) in [5, 5.41) is 0. The van der Waals surface area contributed by atoms with E-state index in [0.29, 0.717) is 6.07 Å². The Morgan fingerprint density at radius 1 is 1.24 bits per heavy atom. The van der Waals surface area contributed by atoms with Gasteiger partial charge in [-0.1, -0.05) is 12.1 Å². The van der Waals surface area contributed by atoms with Crippen molar-refractivity contribution >= 4 is 22.3 Å². The normalized spacial score (nSPS) is 17.6. The number of sulfone groups is 1. The van der Waals surface area contributed by atoms with E-state index in [1.165, 1.54) is 0 Å². The van der Waals surface area contributed by atoms with Crippen LogP contribution in [0.2, 0.25) is 0 Å². The maximum Gasteiger partial charge on any atom is 1.00 e. The summed E-state index contributed by atoms with van der Waals surface area (Å²) in [6.07, 6.45) is 0. The summed E-state index contributed by atoms with van der Waals surface area (Å²) < 4.78 is 65.3. The van der Waals surface area contributed by atoms with Crippen LogP contribution in [0.25, 0.3) is 0 Å². The zero-order chi connectivity index (χ0) is 12.0. The summed E-state index contributed by atoms with van der Waals surface area (Å²) in [5.41, 5.74) is -0.923. The van der Waals surface area contributed by atoms with E-state index in [9.17, 15) is 21.4 Å². The van der Waals surface area contributed by atoms with Crippen molar-refractivity contribution in [2.75, 3.05) is 12.4 Å². The smallest absolute Gasteiger partial charge is 0.491 e. The SMILES string of the molecule is O=S1(=O)CCOc2ccc([B-](F)(F)F)cc21.[K+]. The van der Waals surface area contributed by atoms with E-state index in [2.05, 4.69) is 0 Å². The first-order valence-corrected chi connectivity index (χ1v) is 6.15. The maximum absolute atomic E-state index is 12.4. The van der Waals surface area contributed by atoms with Crippen molar-refractivity contribution in [3.63, 3.8) is 0 Å². The molecule has 0 saturated carbocycles. The fourth-order valence-electron chi connectivity index (χ4n) is 1.46. The van der Waals surface area contributed by atoms with Gasteiger partial charge in [0.1, 0.15) is 17.3 Å². The fraction of sp³-hybridized carbons (Fsp3) is 0.250. The average Bonchev–Trinajstić information content (AvgIpc) is 2.15. The predicted molar refractivity (Wildman–Crippen MR) is 52.7 cm³/mol. The van der Waals surface area contributed by atoms with E-state index in [4.69, 9.17) is 4.74 Å². The number of hydrogen-bond acceptors (Lipinski definition) is 3. The number of hydrogen-bond donors (Lipinski definition) is 0. The third kappa shape index (κ3) is 3.27. The second-order valence-electron chi connectivity index (χ2n) is 3.45. The van der Waals surface area contributed by atoms with Crippen LogP contribution in [0.5, 0.6) is 5.75 Å². The summed E-state index contributed by atoms with van der Waals surface area (Å²) >= 11 is 0. The predicted octanol–water partition coefficient (Wildman–Crippen LogP) is -2.09. The Bertz CT molecular complexity index is 529. The molecule has 1 aromatic rings. The minimum Gasteiger partial charge on any atom is -0.491 e. The number of benzene rings is 1. The van der Waals surface area contributed by atoms with Crippen LogP contribution in [-0.4, -0.2) is 27.8 Å². The van der Waals surface area contributed by atoms with E-state index >= 15 is 0 Å². The molecule has 0 aliphatic carbocycles. The van der Waals surface area contributed by atoms with Gasteiger partial charge in [0.25, 0.3) is 0 Å². The van der Waals surface area contributed by atoms with E-state index < -0.39 is 22.3 Å². The molecular weight excluding hydrogens is 283 g/mol. The molecule has 2 rings (SSSR count). The molecule has 0 radical (unpaired) electrons. The number of fused-ring (bicyclic) bond motifs is 1. The van der Waals surface area contributed by atoms with Crippen molar-refractivity contribution in [2.24, 2.45) is 0 Å². The molecule has 0 atom stereocenters. The van der Waals surface area contributed by atoms with Gasteiger partial charge in [0.2, 0.25) is 0 Å². The minimum atomic E-state index is -5.19. The Balaban J connectivity index is 0.00000144. The maximum atomic E-state index is 12.4. The van der Waals surface area contributed by atoms with Gasteiger partial charge in [-0.05, 0) is 6.07 Å².